The molecule has 1 aromatic rings. The van der Waals surface area contributed by atoms with Crippen LogP contribution in [0.2, 0.25) is 0 Å². The molecule has 1 aliphatic heterocycles. The molecule has 1 heterocycles. The van der Waals surface area contributed by atoms with E-state index in [1.165, 1.54) is 5.56 Å². The number of alkyl halides is 3. The zero-order valence-electron chi connectivity index (χ0n) is 11.8. The van der Waals surface area contributed by atoms with Gasteiger partial charge in [0.2, 0.25) is 0 Å². The van der Waals surface area contributed by atoms with Gasteiger partial charge in [-0.15, -0.1) is 0 Å². The van der Waals surface area contributed by atoms with E-state index in [9.17, 15) is 18.3 Å². The zero-order valence-corrected chi connectivity index (χ0v) is 11.8. The predicted octanol–water partition coefficient (Wildman–Crippen LogP) is 3.90. The minimum Gasteiger partial charge on any atom is -0.388 e. The van der Waals surface area contributed by atoms with Crippen LogP contribution in [0.1, 0.15) is 37.7 Å². The Kier molecular flexibility index (Phi) is 3.64. The number of aryl methyl sites for hydroxylation is 1. The van der Waals surface area contributed by atoms with Gasteiger partial charge in [0, 0.05) is 5.69 Å². The molecular weight excluding hydrogens is 279 g/mol. The van der Waals surface area contributed by atoms with Gasteiger partial charge in [0.15, 0.2) is 0 Å². The monoisotopic (exact) mass is 299 g/mol. The Balaban J connectivity index is 1.77. The number of benzene rings is 1. The summed E-state index contributed by atoms with van der Waals surface area (Å²) < 4.78 is 38.9. The summed E-state index contributed by atoms with van der Waals surface area (Å²) in [6.07, 6.45) is -1.91. The number of rotatable bonds is 1. The van der Waals surface area contributed by atoms with Crippen LogP contribution in [0.15, 0.2) is 24.3 Å². The highest BCUT2D eigenvalue weighted by molar-refractivity contribution is 5.54. The summed E-state index contributed by atoms with van der Waals surface area (Å²) >= 11 is 0. The average Bonchev–Trinajstić information content (AvgIpc) is 2.46. The Bertz CT molecular complexity index is 516. The van der Waals surface area contributed by atoms with Gasteiger partial charge >= 0.3 is 6.18 Å². The largest absolute Gasteiger partial charge is 0.391 e. The summed E-state index contributed by atoms with van der Waals surface area (Å²) in [7, 11) is 0. The van der Waals surface area contributed by atoms with Gasteiger partial charge in [0.25, 0.3) is 0 Å². The average molecular weight is 299 g/mol. The van der Waals surface area contributed by atoms with Gasteiger partial charge in [-0.25, -0.2) is 0 Å². The van der Waals surface area contributed by atoms with E-state index >= 15 is 0 Å². The van der Waals surface area contributed by atoms with Crippen molar-refractivity contribution in [1.29, 1.82) is 0 Å². The van der Waals surface area contributed by atoms with E-state index in [0.29, 0.717) is 19.3 Å². The Morgan fingerprint density at radius 3 is 2.71 bits per heavy atom. The van der Waals surface area contributed by atoms with Gasteiger partial charge in [-0.2, -0.15) is 13.2 Å². The molecular formula is C16H20F3NO. The fraction of sp³-hybridized carbons (Fsp3) is 0.625. The molecule has 2 nitrogen and oxygen atoms in total. The second kappa shape index (κ2) is 5.20. The molecule has 1 aliphatic carbocycles. The van der Waals surface area contributed by atoms with Crippen LogP contribution in [0, 0.1) is 5.92 Å². The van der Waals surface area contributed by atoms with Crippen molar-refractivity contribution in [3.05, 3.63) is 29.8 Å². The molecule has 1 aromatic carbocycles. The highest BCUT2D eigenvalue weighted by Crippen LogP contribution is 2.45. The van der Waals surface area contributed by atoms with Crippen molar-refractivity contribution in [1.82, 2.24) is 0 Å². The first-order chi connectivity index (χ1) is 9.88. The van der Waals surface area contributed by atoms with Crippen molar-refractivity contribution in [2.45, 2.75) is 56.3 Å². The van der Waals surface area contributed by atoms with Crippen LogP contribution >= 0.6 is 0 Å². The number of hydrogen-bond acceptors (Lipinski definition) is 2. The first-order valence-electron chi connectivity index (χ1n) is 7.52. The Morgan fingerprint density at radius 2 is 1.95 bits per heavy atom. The third kappa shape index (κ3) is 2.89. The van der Waals surface area contributed by atoms with Gasteiger partial charge in [0.05, 0.1) is 17.6 Å². The van der Waals surface area contributed by atoms with Crippen LogP contribution in [0.5, 0.6) is 0 Å². The van der Waals surface area contributed by atoms with Crippen LogP contribution in [0.25, 0.3) is 0 Å². The van der Waals surface area contributed by atoms with E-state index in [0.717, 1.165) is 12.1 Å². The van der Waals surface area contributed by atoms with Crippen molar-refractivity contribution in [3.63, 3.8) is 0 Å². The third-order valence-electron chi connectivity index (χ3n) is 4.92. The standard InChI is InChI=1S/C16H20F3NO/c17-16(18,19)12-5-3-9-15(21,10-12)14-8-7-11-4-1-2-6-13(11)20-14/h1-2,4,6,12,14,20-21H,3,5,7-10H2. The normalized spacial score (nSPS) is 33.1. The molecule has 2 aliphatic rings. The van der Waals surface area contributed by atoms with Crippen LogP contribution < -0.4 is 5.32 Å². The molecule has 2 N–H and O–H groups in total. The number of hydrogen-bond donors (Lipinski definition) is 2. The SMILES string of the molecule is OC1(C2CCc3ccccc3N2)CCCC(C(F)(F)F)C1. The number of anilines is 1. The molecule has 1 saturated carbocycles. The van der Waals surface area contributed by atoms with Crippen molar-refractivity contribution >= 4 is 5.69 Å². The van der Waals surface area contributed by atoms with E-state index in [1.54, 1.807) is 0 Å². The molecule has 0 spiro atoms. The Morgan fingerprint density at radius 1 is 1.19 bits per heavy atom. The molecule has 0 bridgehead atoms. The lowest BCUT2D eigenvalue weighted by molar-refractivity contribution is -0.202. The fourth-order valence-corrected chi connectivity index (χ4v) is 3.72. The van der Waals surface area contributed by atoms with Gasteiger partial charge in [-0.3, -0.25) is 0 Å². The molecule has 0 aromatic heterocycles. The van der Waals surface area contributed by atoms with E-state index in [-0.39, 0.29) is 18.9 Å². The molecule has 0 saturated heterocycles. The summed E-state index contributed by atoms with van der Waals surface area (Å²) in [5, 5.41) is 14.1. The minimum atomic E-state index is -4.21. The minimum absolute atomic E-state index is 0.134. The van der Waals surface area contributed by atoms with E-state index < -0.39 is 17.7 Å². The summed E-state index contributed by atoms with van der Waals surface area (Å²) in [6, 6.07) is 7.50. The highest BCUT2D eigenvalue weighted by Gasteiger charge is 2.50. The summed E-state index contributed by atoms with van der Waals surface area (Å²) in [6.45, 7) is 0. The first kappa shape index (κ1) is 14.7. The quantitative estimate of drug-likeness (QED) is 0.824. The third-order valence-corrected chi connectivity index (χ3v) is 4.92. The van der Waals surface area contributed by atoms with Crippen molar-refractivity contribution in [2.24, 2.45) is 5.92 Å². The first-order valence-corrected chi connectivity index (χ1v) is 7.52. The maximum atomic E-state index is 13.0. The van der Waals surface area contributed by atoms with Crippen LogP contribution in [0.3, 0.4) is 0 Å². The van der Waals surface area contributed by atoms with Gasteiger partial charge < -0.3 is 10.4 Å². The number of halogens is 3. The Labute approximate surface area is 122 Å². The molecule has 1 fully saturated rings. The lowest BCUT2D eigenvalue weighted by Crippen LogP contribution is -2.53. The maximum absolute atomic E-state index is 13.0. The number of aliphatic hydroxyl groups is 1. The summed E-state index contributed by atoms with van der Waals surface area (Å²) in [5.74, 6) is -1.38. The molecule has 3 rings (SSSR count). The van der Waals surface area contributed by atoms with Crippen molar-refractivity contribution in [3.8, 4) is 0 Å². The van der Waals surface area contributed by atoms with Gasteiger partial charge in [0.1, 0.15) is 0 Å². The summed E-state index contributed by atoms with van der Waals surface area (Å²) in [4.78, 5) is 0. The number of nitrogens with one attached hydrogen (secondary N) is 1. The zero-order chi connectivity index (χ0) is 15.1. The second-order valence-electron chi connectivity index (χ2n) is 6.33. The topological polar surface area (TPSA) is 32.3 Å². The number of fused-ring (bicyclic) bond motifs is 1. The maximum Gasteiger partial charge on any atom is 0.391 e. The molecule has 116 valence electrons. The lowest BCUT2D eigenvalue weighted by atomic mass is 9.71. The van der Waals surface area contributed by atoms with E-state index in [4.69, 9.17) is 0 Å². The predicted molar refractivity (Wildman–Crippen MR) is 75.1 cm³/mol. The van der Waals surface area contributed by atoms with Crippen LogP contribution in [-0.2, 0) is 6.42 Å². The second-order valence-corrected chi connectivity index (χ2v) is 6.33. The lowest BCUT2D eigenvalue weighted by Gasteiger charge is -2.45. The van der Waals surface area contributed by atoms with E-state index in [1.807, 2.05) is 24.3 Å². The number of para-hydroxylation sites is 1. The molecule has 3 atom stereocenters. The van der Waals surface area contributed by atoms with Gasteiger partial charge in [-0.05, 0) is 50.2 Å². The molecule has 0 radical (unpaired) electrons. The van der Waals surface area contributed by atoms with Crippen molar-refractivity contribution in [2.75, 3.05) is 5.32 Å². The highest BCUT2D eigenvalue weighted by atomic mass is 19.4. The van der Waals surface area contributed by atoms with E-state index in [2.05, 4.69) is 5.32 Å². The smallest absolute Gasteiger partial charge is 0.388 e. The van der Waals surface area contributed by atoms with Gasteiger partial charge in [-0.1, -0.05) is 18.2 Å². The fourth-order valence-electron chi connectivity index (χ4n) is 3.72. The van der Waals surface area contributed by atoms with Crippen LogP contribution in [-0.4, -0.2) is 22.9 Å². The molecule has 21 heavy (non-hydrogen) atoms. The van der Waals surface area contributed by atoms with Crippen LogP contribution in [0.4, 0.5) is 18.9 Å². The molecule has 0 amide bonds. The molecule has 5 heteroatoms. The summed E-state index contributed by atoms with van der Waals surface area (Å²) in [5.41, 5.74) is 0.850. The Hall–Kier alpha value is -1.23. The molecule has 3 unspecified atom stereocenters. The van der Waals surface area contributed by atoms with Crippen molar-refractivity contribution < 1.29 is 18.3 Å².